The first-order chi connectivity index (χ1) is 9.47. The Kier molecular flexibility index (Phi) is 4.57. The first kappa shape index (κ1) is 14.7. The highest BCUT2D eigenvalue weighted by atomic mass is 35.5. The Hall–Kier alpha value is -1.66. The Labute approximate surface area is 121 Å². The molecule has 2 unspecified atom stereocenters. The van der Waals surface area contributed by atoms with Crippen molar-refractivity contribution in [3.63, 3.8) is 0 Å². The molecule has 7 heteroatoms. The van der Waals surface area contributed by atoms with Crippen molar-refractivity contribution < 1.29 is 14.7 Å². The van der Waals surface area contributed by atoms with Crippen LogP contribution in [0.15, 0.2) is 18.3 Å². The molecule has 1 aliphatic heterocycles. The normalized spacial score (nSPS) is 20.6. The summed E-state index contributed by atoms with van der Waals surface area (Å²) in [7, 11) is 0. The quantitative estimate of drug-likeness (QED) is 0.879. The van der Waals surface area contributed by atoms with Crippen molar-refractivity contribution in [3.05, 3.63) is 23.4 Å². The molecule has 2 heterocycles. The highest BCUT2D eigenvalue weighted by molar-refractivity contribution is 6.30. The van der Waals surface area contributed by atoms with Gasteiger partial charge < -0.3 is 10.4 Å². The van der Waals surface area contributed by atoms with E-state index in [4.69, 9.17) is 16.7 Å². The fourth-order valence-corrected chi connectivity index (χ4v) is 2.30. The number of nitrogens with one attached hydrogen (secondary N) is 1. The summed E-state index contributed by atoms with van der Waals surface area (Å²) in [6.07, 6.45) is 2.03. The van der Waals surface area contributed by atoms with Gasteiger partial charge in [0, 0.05) is 12.7 Å². The summed E-state index contributed by atoms with van der Waals surface area (Å²) in [5.41, 5.74) is 0. The third-order valence-corrected chi connectivity index (χ3v) is 3.70. The fourth-order valence-electron chi connectivity index (χ4n) is 2.19. The van der Waals surface area contributed by atoms with Gasteiger partial charge in [0.15, 0.2) is 0 Å². The summed E-state index contributed by atoms with van der Waals surface area (Å²) in [5, 5.41) is 12.2. The van der Waals surface area contributed by atoms with E-state index in [9.17, 15) is 9.59 Å². The van der Waals surface area contributed by atoms with Gasteiger partial charge in [0.05, 0.1) is 17.0 Å². The number of amides is 1. The highest BCUT2D eigenvalue weighted by Gasteiger charge is 2.33. The summed E-state index contributed by atoms with van der Waals surface area (Å²) in [4.78, 5) is 28.9. The van der Waals surface area contributed by atoms with Crippen LogP contribution in [0.1, 0.15) is 13.3 Å². The molecular formula is C13H16ClN3O3. The van der Waals surface area contributed by atoms with Crippen LogP contribution in [-0.4, -0.2) is 46.0 Å². The van der Waals surface area contributed by atoms with Gasteiger partial charge in [-0.3, -0.25) is 14.5 Å². The summed E-state index contributed by atoms with van der Waals surface area (Å²) in [6, 6.07) is 2.87. The second kappa shape index (κ2) is 6.19. The van der Waals surface area contributed by atoms with Crippen LogP contribution in [0.25, 0.3) is 0 Å². The Morgan fingerprint density at radius 2 is 2.30 bits per heavy atom. The molecule has 2 N–H and O–H groups in total. The molecule has 0 radical (unpaired) electrons. The van der Waals surface area contributed by atoms with Gasteiger partial charge >= 0.3 is 5.97 Å². The zero-order valence-corrected chi connectivity index (χ0v) is 11.8. The van der Waals surface area contributed by atoms with Gasteiger partial charge in [0.2, 0.25) is 5.91 Å². The topological polar surface area (TPSA) is 82.5 Å². The van der Waals surface area contributed by atoms with E-state index >= 15 is 0 Å². The first-order valence-corrected chi connectivity index (χ1v) is 6.74. The Bertz CT molecular complexity index is 506. The number of halogens is 1. The van der Waals surface area contributed by atoms with Gasteiger partial charge in [-0.05, 0) is 32.0 Å². The summed E-state index contributed by atoms with van der Waals surface area (Å²) in [5.74, 6) is -0.968. The maximum Gasteiger partial charge on any atom is 0.307 e. The standard InChI is InChI=1S/C13H16ClN3O3/c1-8(17-5-4-9(7-17)13(19)20)12(18)16-11-3-2-10(14)6-15-11/h2-3,6,8-9H,4-5,7H2,1H3,(H,19,20)(H,15,16,18). The minimum Gasteiger partial charge on any atom is -0.481 e. The van der Waals surface area contributed by atoms with Gasteiger partial charge in [-0.2, -0.15) is 0 Å². The van der Waals surface area contributed by atoms with Crippen molar-refractivity contribution in [2.45, 2.75) is 19.4 Å². The van der Waals surface area contributed by atoms with Crippen LogP contribution in [-0.2, 0) is 9.59 Å². The molecule has 2 atom stereocenters. The zero-order chi connectivity index (χ0) is 14.7. The summed E-state index contributed by atoms with van der Waals surface area (Å²) in [6.45, 7) is 2.77. The smallest absolute Gasteiger partial charge is 0.307 e. The van der Waals surface area contributed by atoms with Gasteiger partial charge in [-0.25, -0.2) is 4.98 Å². The van der Waals surface area contributed by atoms with E-state index in [1.165, 1.54) is 6.20 Å². The van der Waals surface area contributed by atoms with Gasteiger partial charge in [0.1, 0.15) is 5.82 Å². The van der Waals surface area contributed by atoms with Crippen LogP contribution >= 0.6 is 11.6 Å². The molecule has 1 aromatic heterocycles. The highest BCUT2D eigenvalue weighted by Crippen LogP contribution is 2.19. The molecule has 6 nitrogen and oxygen atoms in total. The number of anilines is 1. The maximum atomic E-state index is 12.1. The van der Waals surface area contributed by atoms with E-state index in [2.05, 4.69) is 10.3 Å². The lowest BCUT2D eigenvalue weighted by Crippen LogP contribution is -2.41. The minimum absolute atomic E-state index is 0.203. The molecule has 0 spiro atoms. The molecule has 0 aliphatic carbocycles. The number of pyridine rings is 1. The van der Waals surface area contributed by atoms with Crippen molar-refractivity contribution >= 4 is 29.3 Å². The molecule has 0 saturated carbocycles. The molecule has 0 aromatic carbocycles. The number of carbonyl (C=O) groups excluding carboxylic acids is 1. The Balaban J connectivity index is 1.92. The molecule has 1 aliphatic rings. The number of hydrogen-bond acceptors (Lipinski definition) is 4. The molecule has 1 amide bonds. The maximum absolute atomic E-state index is 12.1. The number of nitrogens with zero attached hydrogens (tertiary/aromatic N) is 2. The van der Waals surface area contributed by atoms with E-state index in [0.717, 1.165) is 0 Å². The minimum atomic E-state index is -0.806. The zero-order valence-electron chi connectivity index (χ0n) is 11.0. The third kappa shape index (κ3) is 3.46. The largest absolute Gasteiger partial charge is 0.481 e. The van der Waals surface area contributed by atoms with Crippen molar-refractivity contribution in [1.29, 1.82) is 0 Å². The Morgan fingerprint density at radius 1 is 1.55 bits per heavy atom. The van der Waals surface area contributed by atoms with Crippen molar-refractivity contribution in [2.75, 3.05) is 18.4 Å². The van der Waals surface area contributed by atoms with Gasteiger partial charge in [0.25, 0.3) is 0 Å². The van der Waals surface area contributed by atoms with E-state index in [-0.39, 0.29) is 11.8 Å². The molecule has 1 aromatic rings. The van der Waals surface area contributed by atoms with Gasteiger partial charge in [-0.1, -0.05) is 11.6 Å². The molecular weight excluding hydrogens is 282 g/mol. The van der Waals surface area contributed by atoms with Crippen LogP contribution in [0.5, 0.6) is 0 Å². The lowest BCUT2D eigenvalue weighted by Gasteiger charge is -2.22. The number of rotatable bonds is 4. The number of aliphatic carboxylic acids is 1. The molecule has 0 bridgehead atoms. The van der Waals surface area contributed by atoms with Crippen LogP contribution in [0.3, 0.4) is 0 Å². The average Bonchev–Trinajstić information content (AvgIpc) is 2.90. The molecule has 108 valence electrons. The third-order valence-electron chi connectivity index (χ3n) is 3.47. The molecule has 1 fully saturated rings. The number of likely N-dealkylation sites (tertiary alicyclic amines) is 1. The van der Waals surface area contributed by atoms with E-state index in [0.29, 0.717) is 30.4 Å². The van der Waals surface area contributed by atoms with Crippen molar-refractivity contribution in [2.24, 2.45) is 5.92 Å². The SMILES string of the molecule is CC(C(=O)Nc1ccc(Cl)cn1)N1CCC(C(=O)O)C1. The second-order valence-electron chi connectivity index (χ2n) is 4.85. The molecule has 2 rings (SSSR count). The number of carbonyl (C=O) groups is 2. The number of carboxylic acids is 1. The predicted octanol–water partition coefficient (Wildman–Crippen LogP) is 1.47. The van der Waals surface area contributed by atoms with Crippen LogP contribution < -0.4 is 5.32 Å². The number of carboxylic acid groups (broad SMARTS) is 1. The lowest BCUT2D eigenvalue weighted by molar-refractivity contribution is -0.141. The monoisotopic (exact) mass is 297 g/mol. The van der Waals surface area contributed by atoms with Crippen LogP contribution in [0.4, 0.5) is 5.82 Å². The van der Waals surface area contributed by atoms with Crippen LogP contribution in [0, 0.1) is 5.92 Å². The number of aromatic nitrogens is 1. The first-order valence-electron chi connectivity index (χ1n) is 6.36. The average molecular weight is 298 g/mol. The molecule has 1 saturated heterocycles. The van der Waals surface area contributed by atoms with Gasteiger partial charge in [-0.15, -0.1) is 0 Å². The van der Waals surface area contributed by atoms with E-state index < -0.39 is 12.0 Å². The summed E-state index contributed by atoms with van der Waals surface area (Å²) < 4.78 is 0. The fraction of sp³-hybridized carbons (Fsp3) is 0.462. The molecule has 20 heavy (non-hydrogen) atoms. The van der Waals surface area contributed by atoms with Crippen molar-refractivity contribution in [3.8, 4) is 0 Å². The van der Waals surface area contributed by atoms with E-state index in [1.807, 2.05) is 4.90 Å². The predicted molar refractivity (Wildman–Crippen MR) is 74.7 cm³/mol. The summed E-state index contributed by atoms with van der Waals surface area (Å²) >= 11 is 5.72. The number of hydrogen-bond donors (Lipinski definition) is 2. The second-order valence-corrected chi connectivity index (χ2v) is 5.28. The Morgan fingerprint density at radius 3 is 2.85 bits per heavy atom. The van der Waals surface area contributed by atoms with Crippen molar-refractivity contribution in [1.82, 2.24) is 9.88 Å². The lowest BCUT2D eigenvalue weighted by atomic mass is 10.1. The van der Waals surface area contributed by atoms with Crippen LogP contribution in [0.2, 0.25) is 5.02 Å². The van der Waals surface area contributed by atoms with E-state index in [1.54, 1.807) is 19.1 Å².